The van der Waals surface area contributed by atoms with E-state index >= 15 is 0 Å². The van der Waals surface area contributed by atoms with Crippen molar-refractivity contribution in [1.29, 1.82) is 0 Å². The van der Waals surface area contributed by atoms with Crippen molar-refractivity contribution in [2.45, 2.75) is 43.5 Å². The van der Waals surface area contributed by atoms with E-state index in [1.807, 2.05) is 18.7 Å². The molecule has 0 saturated carbocycles. The molecule has 2 heterocycles. The number of fused-ring (bicyclic) bond motifs is 1. The number of alkyl halides is 1. The number of piperidine rings is 2. The highest BCUT2D eigenvalue weighted by molar-refractivity contribution is 9.10. The zero-order valence-corrected chi connectivity index (χ0v) is 11.9. The average Bonchev–Trinajstić information content (AvgIpc) is 2.26. The van der Waals surface area contributed by atoms with Gasteiger partial charge in [0.1, 0.15) is 0 Å². The summed E-state index contributed by atoms with van der Waals surface area (Å²) in [6, 6.07) is 0.277. The lowest BCUT2D eigenvalue weighted by molar-refractivity contribution is -0.136. The molecule has 4 nitrogen and oxygen atoms in total. The fourth-order valence-corrected chi connectivity index (χ4v) is 2.92. The molecule has 0 bridgehead atoms. The van der Waals surface area contributed by atoms with Gasteiger partial charge in [0.15, 0.2) is 0 Å². The Balaban J connectivity index is 1.99. The van der Waals surface area contributed by atoms with Crippen molar-refractivity contribution in [3.63, 3.8) is 0 Å². The van der Waals surface area contributed by atoms with Crippen molar-refractivity contribution in [3.8, 4) is 0 Å². The van der Waals surface area contributed by atoms with Gasteiger partial charge in [-0.3, -0.25) is 9.59 Å². The van der Waals surface area contributed by atoms with Gasteiger partial charge in [-0.1, -0.05) is 15.9 Å². The molecule has 2 unspecified atom stereocenters. The van der Waals surface area contributed by atoms with Crippen molar-refractivity contribution < 1.29 is 9.59 Å². The molecule has 2 atom stereocenters. The van der Waals surface area contributed by atoms with Crippen LogP contribution in [0.25, 0.3) is 0 Å². The van der Waals surface area contributed by atoms with Gasteiger partial charge in [0.25, 0.3) is 0 Å². The maximum atomic E-state index is 12.2. The van der Waals surface area contributed by atoms with Crippen LogP contribution in [0.5, 0.6) is 0 Å². The highest BCUT2D eigenvalue weighted by Crippen LogP contribution is 2.28. The SMILES string of the molecule is CC(C)(Br)C(=O)N1CCC2NC(=O)CCC2C1. The van der Waals surface area contributed by atoms with Crippen LogP contribution in [0.1, 0.15) is 33.1 Å². The van der Waals surface area contributed by atoms with E-state index in [0.717, 1.165) is 25.9 Å². The van der Waals surface area contributed by atoms with Gasteiger partial charge in [0.05, 0.1) is 4.32 Å². The quantitative estimate of drug-likeness (QED) is 0.742. The summed E-state index contributed by atoms with van der Waals surface area (Å²) in [6.07, 6.45) is 2.38. The average molecular weight is 303 g/mol. The minimum Gasteiger partial charge on any atom is -0.353 e. The number of carbonyl (C=O) groups excluding carboxylic acids is 2. The summed E-state index contributed by atoms with van der Waals surface area (Å²) >= 11 is 3.42. The molecule has 0 aromatic rings. The van der Waals surface area contributed by atoms with Crippen molar-refractivity contribution >= 4 is 27.7 Å². The number of carbonyl (C=O) groups is 2. The molecule has 1 N–H and O–H groups in total. The van der Waals surface area contributed by atoms with Crippen molar-refractivity contribution in [2.24, 2.45) is 5.92 Å². The van der Waals surface area contributed by atoms with Gasteiger partial charge >= 0.3 is 0 Å². The molecule has 0 radical (unpaired) electrons. The van der Waals surface area contributed by atoms with Gasteiger partial charge in [-0.15, -0.1) is 0 Å². The third-order valence-electron chi connectivity index (χ3n) is 3.62. The third-order valence-corrected chi connectivity index (χ3v) is 3.96. The molecule has 0 spiro atoms. The Morgan fingerprint density at radius 2 is 2.18 bits per heavy atom. The van der Waals surface area contributed by atoms with Crippen LogP contribution in [0.3, 0.4) is 0 Å². The minimum absolute atomic E-state index is 0.146. The van der Waals surface area contributed by atoms with Crippen LogP contribution in [0.4, 0.5) is 0 Å². The van der Waals surface area contributed by atoms with Crippen LogP contribution >= 0.6 is 15.9 Å². The van der Waals surface area contributed by atoms with Crippen LogP contribution in [0.15, 0.2) is 0 Å². The predicted molar refractivity (Wildman–Crippen MR) is 68.9 cm³/mol. The molecule has 2 amide bonds. The summed E-state index contributed by atoms with van der Waals surface area (Å²) in [5.74, 6) is 0.736. The fourth-order valence-electron chi connectivity index (χ4n) is 2.67. The molecule has 2 saturated heterocycles. The zero-order chi connectivity index (χ0) is 12.6. The van der Waals surface area contributed by atoms with Crippen molar-refractivity contribution in [3.05, 3.63) is 0 Å². The van der Waals surface area contributed by atoms with Crippen LogP contribution in [-0.2, 0) is 9.59 Å². The number of rotatable bonds is 1. The molecular formula is C12H19BrN2O2. The molecule has 96 valence electrons. The highest BCUT2D eigenvalue weighted by Gasteiger charge is 2.38. The summed E-state index contributed by atoms with van der Waals surface area (Å²) in [4.78, 5) is 25.4. The predicted octanol–water partition coefficient (Wildman–Crippen LogP) is 1.29. The summed E-state index contributed by atoms with van der Waals surface area (Å²) in [6.45, 7) is 5.28. The molecule has 17 heavy (non-hydrogen) atoms. The largest absolute Gasteiger partial charge is 0.353 e. The number of halogens is 1. The molecule has 0 aromatic heterocycles. The lowest BCUT2D eigenvalue weighted by atomic mass is 9.85. The minimum atomic E-state index is -0.488. The molecule has 2 rings (SSSR count). The van der Waals surface area contributed by atoms with E-state index in [1.165, 1.54) is 0 Å². The van der Waals surface area contributed by atoms with Gasteiger partial charge in [0.2, 0.25) is 11.8 Å². The van der Waals surface area contributed by atoms with E-state index in [1.54, 1.807) is 0 Å². The summed E-state index contributed by atoms with van der Waals surface area (Å²) in [5.41, 5.74) is 0. The second-order valence-corrected chi connectivity index (χ2v) is 7.47. The number of amides is 2. The number of likely N-dealkylation sites (tertiary alicyclic amines) is 1. The molecule has 0 aliphatic carbocycles. The van der Waals surface area contributed by atoms with Gasteiger partial charge in [-0.25, -0.2) is 0 Å². The van der Waals surface area contributed by atoms with Gasteiger partial charge < -0.3 is 10.2 Å². The summed E-state index contributed by atoms with van der Waals surface area (Å²) in [7, 11) is 0. The Hall–Kier alpha value is -0.580. The number of nitrogens with one attached hydrogen (secondary N) is 1. The molecule has 2 aliphatic heterocycles. The van der Waals surface area contributed by atoms with E-state index in [0.29, 0.717) is 12.3 Å². The maximum Gasteiger partial charge on any atom is 0.238 e. The molecule has 2 aliphatic rings. The van der Waals surface area contributed by atoms with E-state index in [2.05, 4.69) is 21.2 Å². The molecular weight excluding hydrogens is 284 g/mol. The third kappa shape index (κ3) is 2.81. The van der Waals surface area contributed by atoms with E-state index < -0.39 is 4.32 Å². The lowest BCUT2D eigenvalue weighted by Gasteiger charge is -2.42. The molecule has 2 fully saturated rings. The van der Waals surface area contributed by atoms with Crippen LogP contribution in [-0.4, -0.2) is 40.2 Å². The normalized spacial score (nSPS) is 29.6. The standard InChI is InChI=1S/C12H19BrN2O2/c1-12(2,13)11(17)15-6-5-9-8(7-15)3-4-10(16)14-9/h8-9H,3-7H2,1-2H3,(H,14,16). The van der Waals surface area contributed by atoms with Crippen LogP contribution in [0.2, 0.25) is 0 Å². The summed E-state index contributed by atoms with van der Waals surface area (Å²) in [5, 5.41) is 3.03. The Bertz CT molecular complexity index is 338. The number of nitrogens with zero attached hydrogens (tertiary/aromatic N) is 1. The van der Waals surface area contributed by atoms with E-state index in [-0.39, 0.29) is 17.9 Å². The Kier molecular flexibility index (Phi) is 3.48. The first-order valence-electron chi connectivity index (χ1n) is 6.15. The Morgan fingerprint density at radius 1 is 1.47 bits per heavy atom. The van der Waals surface area contributed by atoms with Crippen molar-refractivity contribution in [2.75, 3.05) is 13.1 Å². The maximum absolute atomic E-state index is 12.2. The first-order valence-corrected chi connectivity index (χ1v) is 6.95. The van der Waals surface area contributed by atoms with E-state index in [4.69, 9.17) is 0 Å². The van der Waals surface area contributed by atoms with Gasteiger partial charge in [0, 0.05) is 25.6 Å². The zero-order valence-electron chi connectivity index (χ0n) is 10.3. The second-order valence-electron chi connectivity index (χ2n) is 5.49. The van der Waals surface area contributed by atoms with Crippen LogP contribution < -0.4 is 5.32 Å². The Morgan fingerprint density at radius 3 is 2.82 bits per heavy atom. The van der Waals surface area contributed by atoms with Crippen LogP contribution in [0, 0.1) is 5.92 Å². The summed E-state index contributed by atoms with van der Waals surface area (Å²) < 4.78 is -0.488. The van der Waals surface area contributed by atoms with Crippen molar-refractivity contribution in [1.82, 2.24) is 10.2 Å². The smallest absolute Gasteiger partial charge is 0.238 e. The Labute approximate surface area is 110 Å². The molecule has 5 heteroatoms. The molecule has 0 aromatic carbocycles. The van der Waals surface area contributed by atoms with Gasteiger partial charge in [-0.05, 0) is 32.6 Å². The van der Waals surface area contributed by atoms with E-state index in [9.17, 15) is 9.59 Å². The van der Waals surface area contributed by atoms with Gasteiger partial charge in [-0.2, -0.15) is 0 Å². The number of hydrogen-bond acceptors (Lipinski definition) is 2. The monoisotopic (exact) mass is 302 g/mol. The second kappa shape index (κ2) is 4.59. The number of hydrogen-bond donors (Lipinski definition) is 1. The lowest BCUT2D eigenvalue weighted by Crippen LogP contribution is -2.57. The highest BCUT2D eigenvalue weighted by atomic mass is 79.9. The first kappa shape index (κ1) is 12.9. The first-order chi connectivity index (χ1) is 7.88. The fraction of sp³-hybridized carbons (Fsp3) is 0.833. The topological polar surface area (TPSA) is 49.4 Å².